The first-order valence-electron chi connectivity index (χ1n) is 5.37. The summed E-state index contributed by atoms with van der Waals surface area (Å²) in [7, 11) is -1.47. The molecule has 3 N–H and O–H groups in total. The van der Waals surface area contributed by atoms with Gasteiger partial charge in [0.2, 0.25) is 0 Å². The normalized spacial score (nSPS) is 10.6. The molecule has 0 amide bonds. The molecule has 0 aliphatic rings. The third-order valence-corrected chi connectivity index (χ3v) is 3.14. The fourth-order valence-electron chi connectivity index (χ4n) is 1.24. The maximum absolute atomic E-state index is 10.9. The summed E-state index contributed by atoms with van der Waals surface area (Å²) in [6, 6.07) is 3.05. The molecule has 1 rings (SSSR count). The number of anilines is 1. The van der Waals surface area contributed by atoms with Crippen LogP contribution in [0.3, 0.4) is 0 Å². The second-order valence-corrected chi connectivity index (χ2v) is 9.79. The van der Waals surface area contributed by atoms with Gasteiger partial charge in [0.05, 0.1) is 5.56 Å². The smallest absolute Gasteiger partial charge is 0.335 e. The van der Waals surface area contributed by atoms with Gasteiger partial charge in [0, 0.05) is 11.3 Å². The number of carboxylic acid groups (broad SMARTS) is 1. The molecule has 0 radical (unpaired) electrons. The standard InChI is InChI=1S/C13H17NO2Si/c1-9-10(5-6-17(2,3)4)7-11(13(15)16)8-12(9)14/h7-8H,14H2,1-4H3,(H,15,16). The Hall–Kier alpha value is -1.73. The predicted molar refractivity (Wildman–Crippen MR) is 72.8 cm³/mol. The van der Waals surface area contributed by atoms with Crippen molar-refractivity contribution < 1.29 is 9.90 Å². The summed E-state index contributed by atoms with van der Waals surface area (Å²) in [6.45, 7) is 8.27. The molecule has 0 fully saturated rings. The summed E-state index contributed by atoms with van der Waals surface area (Å²) in [6.07, 6.45) is 0. The lowest BCUT2D eigenvalue weighted by Gasteiger charge is -2.07. The van der Waals surface area contributed by atoms with Gasteiger partial charge in [0.25, 0.3) is 0 Å². The molecule has 3 nitrogen and oxygen atoms in total. The second kappa shape index (κ2) is 4.64. The van der Waals surface area contributed by atoms with Gasteiger partial charge in [-0.25, -0.2) is 4.79 Å². The van der Waals surface area contributed by atoms with Gasteiger partial charge in [-0.1, -0.05) is 25.6 Å². The van der Waals surface area contributed by atoms with Gasteiger partial charge in [-0.3, -0.25) is 0 Å². The highest BCUT2D eigenvalue weighted by Crippen LogP contribution is 2.18. The summed E-state index contributed by atoms with van der Waals surface area (Å²) in [5.41, 5.74) is 11.2. The molecular weight excluding hydrogens is 230 g/mol. The lowest BCUT2D eigenvalue weighted by atomic mass is 10.0. The maximum Gasteiger partial charge on any atom is 0.335 e. The van der Waals surface area contributed by atoms with E-state index in [1.807, 2.05) is 6.92 Å². The van der Waals surface area contributed by atoms with Crippen LogP contribution in [0, 0.1) is 18.4 Å². The zero-order valence-electron chi connectivity index (χ0n) is 10.6. The van der Waals surface area contributed by atoms with Crippen molar-refractivity contribution in [3.05, 3.63) is 28.8 Å². The Bertz CT molecular complexity index is 519. The summed E-state index contributed by atoms with van der Waals surface area (Å²) < 4.78 is 0. The maximum atomic E-state index is 10.9. The number of benzene rings is 1. The number of carboxylic acids is 1. The molecule has 17 heavy (non-hydrogen) atoms. The average molecular weight is 247 g/mol. The van der Waals surface area contributed by atoms with Crippen LogP contribution in [0.2, 0.25) is 19.6 Å². The van der Waals surface area contributed by atoms with Crippen LogP contribution in [-0.4, -0.2) is 19.1 Å². The second-order valence-electron chi connectivity index (χ2n) is 5.04. The number of nitrogen functional groups attached to an aromatic ring is 1. The monoisotopic (exact) mass is 247 g/mol. The van der Waals surface area contributed by atoms with Gasteiger partial charge < -0.3 is 10.8 Å². The van der Waals surface area contributed by atoms with Gasteiger partial charge in [-0.05, 0) is 24.6 Å². The summed E-state index contributed by atoms with van der Waals surface area (Å²) >= 11 is 0. The van der Waals surface area contributed by atoms with E-state index in [4.69, 9.17) is 10.8 Å². The van der Waals surface area contributed by atoms with Crippen LogP contribution >= 0.6 is 0 Å². The van der Waals surface area contributed by atoms with Crippen molar-refractivity contribution in [2.75, 3.05) is 5.73 Å². The van der Waals surface area contributed by atoms with Gasteiger partial charge in [-0.2, -0.15) is 0 Å². The van der Waals surface area contributed by atoms with E-state index in [0.717, 1.165) is 5.56 Å². The first kappa shape index (κ1) is 13.3. The number of hydrogen-bond donors (Lipinski definition) is 2. The SMILES string of the molecule is Cc1c(N)cc(C(=O)O)cc1C#C[Si](C)(C)C. The molecule has 0 saturated carbocycles. The molecule has 1 aromatic carbocycles. The average Bonchev–Trinajstić information content (AvgIpc) is 2.18. The number of carbonyl (C=O) groups is 1. The highest BCUT2D eigenvalue weighted by Gasteiger charge is 2.10. The summed E-state index contributed by atoms with van der Waals surface area (Å²) in [5, 5.41) is 8.96. The third-order valence-electron chi connectivity index (χ3n) is 2.27. The van der Waals surface area contributed by atoms with Crippen LogP contribution in [0.4, 0.5) is 5.69 Å². The van der Waals surface area contributed by atoms with E-state index in [9.17, 15) is 4.79 Å². The lowest BCUT2D eigenvalue weighted by molar-refractivity contribution is 0.0697. The first-order chi connectivity index (χ1) is 7.70. The van der Waals surface area contributed by atoms with Gasteiger partial charge in [0.15, 0.2) is 0 Å². The minimum atomic E-state index is -1.47. The lowest BCUT2D eigenvalue weighted by Crippen LogP contribution is -2.16. The highest BCUT2D eigenvalue weighted by atomic mass is 28.3. The predicted octanol–water partition coefficient (Wildman–Crippen LogP) is 2.50. The Balaban J connectivity index is 3.32. The Labute approximate surface area is 103 Å². The molecule has 0 bridgehead atoms. The Morgan fingerprint density at radius 2 is 1.94 bits per heavy atom. The molecule has 0 heterocycles. The molecular formula is C13H17NO2Si. The van der Waals surface area contributed by atoms with E-state index in [-0.39, 0.29) is 5.56 Å². The minimum Gasteiger partial charge on any atom is -0.478 e. The van der Waals surface area contributed by atoms with Crippen LogP contribution in [-0.2, 0) is 0 Å². The van der Waals surface area contributed by atoms with Crippen LogP contribution in [0.25, 0.3) is 0 Å². The largest absolute Gasteiger partial charge is 0.478 e. The van der Waals surface area contributed by atoms with Crippen molar-refractivity contribution >= 4 is 19.7 Å². The number of aromatic carboxylic acids is 1. The van der Waals surface area contributed by atoms with E-state index in [2.05, 4.69) is 31.1 Å². The third kappa shape index (κ3) is 3.65. The van der Waals surface area contributed by atoms with Crippen molar-refractivity contribution in [3.8, 4) is 11.5 Å². The number of rotatable bonds is 1. The summed E-state index contributed by atoms with van der Waals surface area (Å²) in [5.74, 6) is 2.08. The topological polar surface area (TPSA) is 63.3 Å². The molecule has 4 heteroatoms. The van der Waals surface area contributed by atoms with Crippen molar-refractivity contribution in [1.29, 1.82) is 0 Å². The molecule has 0 saturated heterocycles. The summed E-state index contributed by atoms with van der Waals surface area (Å²) in [4.78, 5) is 10.9. The van der Waals surface area contributed by atoms with Crippen LogP contribution < -0.4 is 5.73 Å². The minimum absolute atomic E-state index is 0.188. The van der Waals surface area contributed by atoms with Crippen molar-refractivity contribution in [2.24, 2.45) is 0 Å². The Morgan fingerprint density at radius 1 is 1.35 bits per heavy atom. The van der Waals surface area contributed by atoms with Crippen LogP contribution in [0.15, 0.2) is 12.1 Å². The van der Waals surface area contributed by atoms with Crippen LogP contribution in [0.5, 0.6) is 0 Å². The van der Waals surface area contributed by atoms with E-state index in [1.54, 1.807) is 6.07 Å². The molecule has 90 valence electrons. The van der Waals surface area contributed by atoms with E-state index in [1.165, 1.54) is 6.07 Å². The van der Waals surface area contributed by atoms with Crippen LogP contribution in [0.1, 0.15) is 21.5 Å². The van der Waals surface area contributed by atoms with E-state index < -0.39 is 14.0 Å². The zero-order valence-corrected chi connectivity index (χ0v) is 11.6. The van der Waals surface area contributed by atoms with Crippen molar-refractivity contribution in [3.63, 3.8) is 0 Å². The zero-order chi connectivity index (χ0) is 13.2. The van der Waals surface area contributed by atoms with Gasteiger partial charge >= 0.3 is 5.97 Å². The molecule has 1 aromatic rings. The fourth-order valence-corrected chi connectivity index (χ4v) is 1.75. The quantitative estimate of drug-likeness (QED) is 0.455. The molecule has 0 aliphatic heterocycles. The molecule has 0 aromatic heterocycles. The Kier molecular flexibility index (Phi) is 3.64. The first-order valence-corrected chi connectivity index (χ1v) is 8.87. The molecule has 0 spiro atoms. The van der Waals surface area contributed by atoms with Gasteiger partial charge in [-0.15, -0.1) is 5.54 Å². The Morgan fingerprint density at radius 3 is 2.41 bits per heavy atom. The molecule has 0 aliphatic carbocycles. The van der Waals surface area contributed by atoms with E-state index >= 15 is 0 Å². The van der Waals surface area contributed by atoms with Crippen molar-refractivity contribution in [1.82, 2.24) is 0 Å². The van der Waals surface area contributed by atoms with Gasteiger partial charge in [0.1, 0.15) is 8.07 Å². The van der Waals surface area contributed by atoms with E-state index in [0.29, 0.717) is 11.3 Å². The van der Waals surface area contributed by atoms with Crippen molar-refractivity contribution in [2.45, 2.75) is 26.6 Å². The fraction of sp³-hybridized carbons (Fsp3) is 0.308. The molecule has 0 atom stereocenters. The molecule has 0 unspecified atom stereocenters. The number of nitrogens with two attached hydrogens (primary N) is 1. The highest BCUT2D eigenvalue weighted by molar-refractivity contribution is 6.83. The number of hydrogen-bond acceptors (Lipinski definition) is 2.